The molecule has 15 nitrogen and oxygen atoms in total. The Morgan fingerprint density at radius 3 is 2.14 bits per heavy atom. The molecule has 0 saturated heterocycles. The number of pyridine rings is 1. The maximum absolute atomic E-state index is 12.4. The Bertz CT molecular complexity index is 1920. The van der Waals surface area contributed by atoms with Gasteiger partial charge in [0.05, 0.1) is 23.5 Å². The van der Waals surface area contributed by atoms with Crippen LogP contribution < -0.4 is 21.9 Å². The highest BCUT2D eigenvalue weighted by Gasteiger charge is 2.28. The summed E-state index contributed by atoms with van der Waals surface area (Å²) in [4.78, 5) is 33.4. The predicted molar refractivity (Wildman–Crippen MR) is 186 cm³/mol. The lowest BCUT2D eigenvalue weighted by atomic mass is 9.97. The SMILES string of the molecule is CC(O)[C@H](N)C(=O)OC[C@H](COc1ccc(-c2c(C#N)c(N)nc(SCc3coc(-c4ccc(Cl)cc4)n3)c2C#N)cc1)OC(=O)[C@@H](N)[C@@H](C)O. The van der Waals surface area contributed by atoms with Crippen molar-refractivity contribution in [3.05, 3.63) is 76.6 Å². The summed E-state index contributed by atoms with van der Waals surface area (Å²) in [6.07, 6.45) is -2.08. The number of hydrogen-bond acceptors (Lipinski definition) is 16. The van der Waals surface area contributed by atoms with Crippen molar-refractivity contribution in [3.8, 4) is 40.5 Å². The molecule has 266 valence electrons. The van der Waals surface area contributed by atoms with Gasteiger partial charge in [0.1, 0.15) is 65.9 Å². The molecule has 2 heterocycles. The lowest BCUT2D eigenvalue weighted by Crippen LogP contribution is -2.46. The van der Waals surface area contributed by atoms with E-state index >= 15 is 0 Å². The van der Waals surface area contributed by atoms with Crippen molar-refractivity contribution < 1.29 is 38.4 Å². The van der Waals surface area contributed by atoms with Crippen molar-refractivity contribution in [1.82, 2.24) is 9.97 Å². The van der Waals surface area contributed by atoms with E-state index in [2.05, 4.69) is 16.0 Å². The standard InChI is InChI=1S/C34H34ClN7O8S/c1-17(43)28(38)33(45)49-15-24(50-34(46)29(39)18(2)44)14-47-23-9-5-19(6-10-23)27-25(11-36)30(40)42-32(26(27)12-37)51-16-22-13-48-31(41-22)20-3-7-21(35)8-4-20/h3-10,13,17-18,24,28-29,43-44H,14-16,38-39H2,1-2H3,(H2,40,42)/t17?,18-,24+,28+,29+/m1/s1. The first-order chi connectivity index (χ1) is 24.3. The number of nitriles is 2. The highest BCUT2D eigenvalue weighted by atomic mass is 35.5. The van der Waals surface area contributed by atoms with Crippen LogP contribution in [0, 0.1) is 22.7 Å². The number of anilines is 1. The van der Waals surface area contributed by atoms with Crippen LogP contribution in [0.15, 0.2) is 64.2 Å². The number of thioether (sulfide) groups is 1. The molecule has 0 spiro atoms. The molecule has 5 atom stereocenters. The van der Waals surface area contributed by atoms with Crippen molar-refractivity contribution >= 4 is 41.1 Å². The average molecular weight is 736 g/mol. The Kier molecular flexibility index (Phi) is 13.4. The molecule has 8 N–H and O–H groups in total. The maximum Gasteiger partial charge on any atom is 0.326 e. The van der Waals surface area contributed by atoms with E-state index in [9.17, 15) is 30.3 Å². The number of carbonyl (C=O) groups is 2. The fraction of sp³-hybridized carbons (Fsp3) is 0.294. The number of benzene rings is 2. The Balaban J connectivity index is 1.51. The van der Waals surface area contributed by atoms with E-state index in [4.69, 9.17) is 47.4 Å². The Morgan fingerprint density at radius 2 is 1.53 bits per heavy atom. The van der Waals surface area contributed by atoms with Crippen LogP contribution in [0.2, 0.25) is 5.02 Å². The van der Waals surface area contributed by atoms with Gasteiger partial charge in [0.25, 0.3) is 0 Å². The van der Waals surface area contributed by atoms with Crippen LogP contribution in [0.3, 0.4) is 0 Å². The third-order valence-electron chi connectivity index (χ3n) is 7.27. The van der Waals surface area contributed by atoms with E-state index in [0.29, 0.717) is 22.2 Å². The van der Waals surface area contributed by atoms with Crippen LogP contribution in [-0.4, -0.2) is 75.7 Å². The Morgan fingerprint density at radius 1 is 0.922 bits per heavy atom. The first-order valence-corrected chi connectivity index (χ1v) is 16.6. The minimum Gasteiger partial charge on any atom is -0.490 e. The zero-order valence-electron chi connectivity index (χ0n) is 27.4. The zero-order chi connectivity index (χ0) is 37.2. The monoisotopic (exact) mass is 735 g/mol. The largest absolute Gasteiger partial charge is 0.490 e. The van der Waals surface area contributed by atoms with Gasteiger partial charge >= 0.3 is 11.9 Å². The number of oxazole rings is 1. The van der Waals surface area contributed by atoms with Crippen LogP contribution in [0.25, 0.3) is 22.6 Å². The van der Waals surface area contributed by atoms with Crippen LogP contribution in [0.1, 0.15) is 30.7 Å². The molecule has 0 fully saturated rings. The second-order valence-electron chi connectivity index (χ2n) is 11.1. The minimum atomic E-state index is -1.37. The highest BCUT2D eigenvalue weighted by Crippen LogP contribution is 2.37. The number of hydrogen-bond donors (Lipinski definition) is 5. The molecule has 0 aliphatic heterocycles. The molecular weight excluding hydrogens is 702 g/mol. The summed E-state index contributed by atoms with van der Waals surface area (Å²) in [6, 6.07) is 14.8. The van der Waals surface area contributed by atoms with Gasteiger partial charge in [-0.15, -0.1) is 0 Å². The number of nitrogen functional groups attached to an aromatic ring is 1. The lowest BCUT2D eigenvalue weighted by Gasteiger charge is -2.22. The van der Waals surface area contributed by atoms with Gasteiger partial charge in [0.2, 0.25) is 5.89 Å². The molecule has 2 aromatic carbocycles. The molecule has 0 radical (unpaired) electrons. The van der Waals surface area contributed by atoms with E-state index in [1.165, 1.54) is 31.9 Å². The molecule has 51 heavy (non-hydrogen) atoms. The Labute approximate surface area is 301 Å². The zero-order valence-corrected chi connectivity index (χ0v) is 28.9. The molecule has 2 aromatic heterocycles. The summed E-state index contributed by atoms with van der Waals surface area (Å²) in [7, 11) is 0. The summed E-state index contributed by atoms with van der Waals surface area (Å²) in [5, 5.41) is 40.2. The number of aromatic nitrogens is 2. The van der Waals surface area contributed by atoms with E-state index in [1.807, 2.05) is 6.07 Å². The molecule has 0 aliphatic carbocycles. The van der Waals surface area contributed by atoms with Gasteiger partial charge in [-0.05, 0) is 55.8 Å². The summed E-state index contributed by atoms with van der Waals surface area (Å²) in [6.45, 7) is 1.82. The van der Waals surface area contributed by atoms with Gasteiger partial charge in [-0.1, -0.05) is 35.5 Å². The van der Waals surface area contributed by atoms with E-state index in [1.54, 1.807) is 48.5 Å². The normalized spacial score (nSPS) is 13.9. The van der Waals surface area contributed by atoms with Gasteiger partial charge < -0.3 is 46.0 Å². The van der Waals surface area contributed by atoms with E-state index < -0.39 is 48.9 Å². The molecule has 17 heteroatoms. The van der Waals surface area contributed by atoms with Crippen molar-refractivity contribution in [2.45, 2.75) is 55.0 Å². The topological polar surface area (TPSA) is 267 Å². The second-order valence-corrected chi connectivity index (χ2v) is 12.5. The number of rotatable bonds is 15. The molecule has 0 amide bonds. The van der Waals surface area contributed by atoms with E-state index in [-0.39, 0.29) is 45.6 Å². The number of halogens is 1. The van der Waals surface area contributed by atoms with Gasteiger partial charge in [-0.25, -0.2) is 9.97 Å². The molecule has 1 unspecified atom stereocenters. The number of esters is 2. The number of ether oxygens (including phenoxy) is 3. The summed E-state index contributed by atoms with van der Waals surface area (Å²) < 4.78 is 21.8. The summed E-state index contributed by atoms with van der Waals surface area (Å²) in [5.41, 5.74) is 19.7. The van der Waals surface area contributed by atoms with Crippen LogP contribution in [-0.2, 0) is 24.8 Å². The maximum atomic E-state index is 12.4. The molecule has 0 saturated carbocycles. The van der Waals surface area contributed by atoms with Gasteiger partial charge in [0.15, 0.2) is 6.10 Å². The fourth-order valence-corrected chi connectivity index (χ4v) is 5.36. The number of aliphatic hydroxyl groups excluding tert-OH is 2. The smallest absolute Gasteiger partial charge is 0.326 e. The predicted octanol–water partition coefficient (Wildman–Crippen LogP) is 2.92. The van der Waals surface area contributed by atoms with Crippen molar-refractivity contribution in [2.75, 3.05) is 18.9 Å². The number of nitrogens with zero attached hydrogens (tertiary/aromatic N) is 4. The highest BCUT2D eigenvalue weighted by molar-refractivity contribution is 7.98. The molecule has 0 bridgehead atoms. The number of carbonyl (C=O) groups excluding carboxylic acids is 2. The third kappa shape index (κ3) is 9.95. The first kappa shape index (κ1) is 38.6. The van der Waals surface area contributed by atoms with Crippen LogP contribution >= 0.6 is 23.4 Å². The van der Waals surface area contributed by atoms with Crippen LogP contribution in [0.4, 0.5) is 5.82 Å². The van der Waals surface area contributed by atoms with E-state index in [0.717, 1.165) is 5.56 Å². The number of aliphatic hydroxyl groups is 2. The van der Waals surface area contributed by atoms with Gasteiger partial charge in [0, 0.05) is 21.9 Å². The summed E-state index contributed by atoms with van der Waals surface area (Å²) in [5.74, 6) is -1.01. The Hall–Kier alpha value is -5.20. The summed E-state index contributed by atoms with van der Waals surface area (Å²) >= 11 is 7.16. The minimum absolute atomic E-state index is 0.00896. The van der Waals surface area contributed by atoms with Crippen molar-refractivity contribution in [2.24, 2.45) is 11.5 Å². The van der Waals surface area contributed by atoms with Crippen molar-refractivity contribution in [3.63, 3.8) is 0 Å². The lowest BCUT2D eigenvalue weighted by molar-refractivity contribution is -0.165. The first-order valence-electron chi connectivity index (χ1n) is 15.3. The quantitative estimate of drug-likeness (QED) is 0.0867. The van der Waals surface area contributed by atoms with Gasteiger partial charge in [-0.3, -0.25) is 9.59 Å². The van der Waals surface area contributed by atoms with Crippen molar-refractivity contribution in [1.29, 1.82) is 10.5 Å². The number of nitrogens with two attached hydrogens (primary N) is 3. The molecule has 0 aliphatic rings. The molecule has 4 rings (SSSR count). The second kappa shape index (κ2) is 17.6. The molecule has 4 aromatic rings. The fourth-order valence-electron chi connectivity index (χ4n) is 4.36. The van der Waals surface area contributed by atoms with Gasteiger partial charge in [-0.2, -0.15) is 10.5 Å². The average Bonchev–Trinajstić information content (AvgIpc) is 3.60. The molecular formula is C34H34ClN7O8S. The third-order valence-corrected chi connectivity index (χ3v) is 8.53. The van der Waals surface area contributed by atoms with Crippen LogP contribution in [0.5, 0.6) is 5.75 Å².